The lowest BCUT2D eigenvalue weighted by Gasteiger charge is -2.20. The van der Waals surface area contributed by atoms with Gasteiger partial charge in [0.1, 0.15) is 11.0 Å². The summed E-state index contributed by atoms with van der Waals surface area (Å²) in [4.78, 5) is 9.44. The molecule has 9 heteroatoms. The standard InChI is InChI=1S/C11H13ClF3N5/c1-3-20(6-11(13,14)15)5-8-17-9(12)7-4-16-19(2)10(7)18-8/h4H,3,5-6H2,1-2H3. The first-order valence-corrected chi connectivity index (χ1v) is 6.31. The molecule has 5 nitrogen and oxygen atoms in total. The van der Waals surface area contributed by atoms with Gasteiger partial charge in [0, 0.05) is 7.05 Å². The van der Waals surface area contributed by atoms with Crippen LogP contribution in [0, 0.1) is 0 Å². The van der Waals surface area contributed by atoms with E-state index in [2.05, 4.69) is 15.1 Å². The minimum Gasteiger partial charge on any atom is -0.288 e. The second-order valence-electron chi connectivity index (χ2n) is 4.35. The van der Waals surface area contributed by atoms with Gasteiger partial charge in [-0.1, -0.05) is 18.5 Å². The third-order valence-electron chi connectivity index (χ3n) is 2.81. The summed E-state index contributed by atoms with van der Waals surface area (Å²) in [5, 5.41) is 4.77. The van der Waals surface area contributed by atoms with Gasteiger partial charge >= 0.3 is 6.18 Å². The highest BCUT2D eigenvalue weighted by atomic mass is 35.5. The molecule has 0 N–H and O–H groups in total. The molecular weight excluding hydrogens is 295 g/mol. The summed E-state index contributed by atoms with van der Waals surface area (Å²) in [6.07, 6.45) is -2.73. The van der Waals surface area contributed by atoms with Gasteiger partial charge in [-0.05, 0) is 6.54 Å². The lowest BCUT2D eigenvalue weighted by molar-refractivity contribution is -0.146. The zero-order chi connectivity index (χ0) is 14.9. The number of rotatable bonds is 4. The molecule has 0 radical (unpaired) electrons. The molecule has 110 valence electrons. The molecule has 0 spiro atoms. The summed E-state index contributed by atoms with van der Waals surface area (Å²) >= 11 is 5.99. The molecule has 20 heavy (non-hydrogen) atoms. The Bertz CT molecular complexity index is 610. The molecule has 0 saturated heterocycles. The lowest BCUT2D eigenvalue weighted by Crippen LogP contribution is -2.34. The maximum atomic E-state index is 12.4. The number of aryl methyl sites for hydroxylation is 1. The second-order valence-corrected chi connectivity index (χ2v) is 4.71. The maximum absolute atomic E-state index is 12.4. The monoisotopic (exact) mass is 307 g/mol. The summed E-state index contributed by atoms with van der Waals surface area (Å²) in [5.74, 6) is 0.247. The minimum absolute atomic E-state index is 0.0170. The van der Waals surface area contributed by atoms with Crippen molar-refractivity contribution in [3.63, 3.8) is 0 Å². The molecule has 0 amide bonds. The van der Waals surface area contributed by atoms with Gasteiger partial charge in [0.05, 0.1) is 24.7 Å². The van der Waals surface area contributed by atoms with Crippen LogP contribution < -0.4 is 0 Å². The van der Waals surface area contributed by atoms with Crippen LogP contribution in [0.4, 0.5) is 13.2 Å². The first-order chi connectivity index (χ1) is 9.30. The Morgan fingerprint density at radius 2 is 2.05 bits per heavy atom. The fraction of sp³-hybridized carbons (Fsp3) is 0.545. The van der Waals surface area contributed by atoms with Crippen LogP contribution in [0.1, 0.15) is 12.7 Å². The van der Waals surface area contributed by atoms with E-state index < -0.39 is 12.7 Å². The molecular formula is C11H13ClF3N5. The van der Waals surface area contributed by atoms with E-state index in [0.717, 1.165) is 0 Å². The average Bonchev–Trinajstić information content (AvgIpc) is 2.69. The molecule has 2 rings (SSSR count). The molecule has 0 bridgehead atoms. The predicted molar refractivity (Wildman–Crippen MR) is 68.3 cm³/mol. The fourth-order valence-corrected chi connectivity index (χ4v) is 2.06. The van der Waals surface area contributed by atoms with Gasteiger partial charge in [-0.25, -0.2) is 9.97 Å². The molecule has 0 saturated carbocycles. The quantitative estimate of drug-likeness (QED) is 0.814. The van der Waals surface area contributed by atoms with Crippen molar-refractivity contribution < 1.29 is 13.2 Å². The third kappa shape index (κ3) is 3.37. The topological polar surface area (TPSA) is 46.8 Å². The Kier molecular flexibility index (Phi) is 4.14. The number of hydrogen-bond donors (Lipinski definition) is 0. The normalized spacial score (nSPS) is 12.6. The average molecular weight is 308 g/mol. The van der Waals surface area contributed by atoms with Crippen LogP contribution in [0.15, 0.2) is 6.20 Å². The second kappa shape index (κ2) is 5.53. The van der Waals surface area contributed by atoms with Crippen molar-refractivity contribution in [1.82, 2.24) is 24.6 Å². The number of halogens is 4. The Morgan fingerprint density at radius 3 is 2.65 bits per heavy atom. The molecule has 0 aliphatic rings. The summed E-state index contributed by atoms with van der Waals surface area (Å²) < 4.78 is 38.8. The zero-order valence-electron chi connectivity index (χ0n) is 10.9. The van der Waals surface area contributed by atoms with E-state index in [-0.39, 0.29) is 24.1 Å². The molecule has 0 aromatic carbocycles. The molecule has 0 atom stereocenters. The highest BCUT2D eigenvalue weighted by Gasteiger charge is 2.30. The molecule has 0 unspecified atom stereocenters. The van der Waals surface area contributed by atoms with Gasteiger partial charge in [-0.15, -0.1) is 0 Å². The van der Waals surface area contributed by atoms with Crippen LogP contribution in [0.5, 0.6) is 0 Å². The largest absolute Gasteiger partial charge is 0.401 e. The number of alkyl halides is 3. The number of aromatic nitrogens is 4. The Hall–Kier alpha value is -1.41. The van der Waals surface area contributed by atoms with Gasteiger partial charge in [-0.3, -0.25) is 9.58 Å². The van der Waals surface area contributed by atoms with Crippen molar-refractivity contribution in [1.29, 1.82) is 0 Å². The van der Waals surface area contributed by atoms with E-state index in [1.807, 2.05) is 0 Å². The summed E-state index contributed by atoms with van der Waals surface area (Å²) in [6, 6.07) is 0. The Labute approximate surface area is 118 Å². The number of nitrogens with zero attached hydrogens (tertiary/aromatic N) is 5. The van der Waals surface area contributed by atoms with Gasteiger partial charge in [0.2, 0.25) is 0 Å². The third-order valence-corrected chi connectivity index (χ3v) is 3.10. The van der Waals surface area contributed by atoms with Crippen molar-refractivity contribution in [2.75, 3.05) is 13.1 Å². The smallest absolute Gasteiger partial charge is 0.288 e. The van der Waals surface area contributed by atoms with Crippen LogP contribution in [0.2, 0.25) is 5.15 Å². The van der Waals surface area contributed by atoms with Gasteiger partial charge in [0.15, 0.2) is 5.65 Å². The van der Waals surface area contributed by atoms with Gasteiger partial charge in [0.25, 0.3) is 0 Å². The predicted octanol–water partition coefficient (Wildman–Crippen LogP) is 2.40. The van der Waals surface area contributed by atoms with Crippen LogP contribution in [-0.4, -0.2) is 43.9 Å². The first-order valence-electron chi connectivity index (χ1n) is 5.93. The zero-order valence-corrected chi connectivity index (χ0v) is 11.7. The molecule has 2 heterocycles. The van der Waals surface area contributed by atoms with Crippen LogP contribution in [0.3, 0.4) is 0 Å². The summed E-state index contributed by atoms with van der Waals surface area (Å²) in [6.45, 7) is 0.866. The van der Waals surface area contributed by atoms with E-state index in [1.54, 1.807) is 14.0 Å². The molecule has 2 aromatic rings. The van der Waals surface area contributed by atoms with E-state index in [4.69, 9.17) is 11.6 Å². The summed E-state index contributed by atoms with van der Waals surface area (Å²) in [7, 11) is 1.68. The number of hydrogen-bond acceptors (Lipinski definition) is 4. The molecule has 0 aliphatic heterocycles. The van der Waals surface area contributed by atoms with Gasteiger partial charge < -0.3 is 0 Å². The van der Waals surface area contributed by atoms with Crippen LogP contribution >= 0.6 is 11.6 Å². The molecule has 0 aliphatic carbocycles. The highest BCUT2D eigenvalue weighted by Crippen LogP contribution is 2.21. The van der Waals surface area contributed by atoms with Crippen LogP contribution in [0.25, 0.3) is 11.0 Å². The van der Waals surface area contributed by atoms with E-state index >= 15 is 0 Å². The maximum Gasteiger partial charge on any atom is 0.401 e. The SMILES string of the molecule is CCN(Cc1nc(Cl)c2cnn(C)c2n1)CC(F)(F)F. The summed E-state index contributed by atoms with van der Waals surface area (Å²) in [5.41, 5.74) is 0.503. The molecule has 2 aromatic heterocycles. The van der Waals surface area contributed by atoms with Crippen molar-refractivity contribution in [2.45, 2.75) is 19.6 Å². The Balaban J connectivity index is 2.26. The fourth-order valence-electron chi connectivity index (χ4n) is 1.83. The highest BCUT2D eigenvalue weighted by molar-refractivity contribution is 6.33. The number of fused-ring (bicyclic) bond motifs is 1. The van der Waals surface area contributed by atoms with Crippen molar-refractivity contribution >= 4 is 22.6 Å². The Morgan fingerprint density at radius 1 is 1.35 bits per heavy atom. The van der Waals surface area contributed by atoms with Crippen molar-refractivity contribution in [2.24, 2.45) is 7.05 Å². The van der Waals surface area contributed by atoms with Crippen LogP contribution in [-0.2, 0) is 13.6 Å². The molecule has 0 fully saturated rings. The minimum atomic E-state index is -4.25. The first kappa shape index (κ1) is 15.0. The van der Waals surface area contributed by atoms with E-state index in [0.29, 0.717) is 11.0 Å². The van der Waals surface area contributed by atoms with E-state index in [9.17, 15) is 13.2 Å². The van der Waals surface area contributed by atoms with E-state index in [1.165, 1.54) is 15.8 Å². The van der Waals surface area contributed by atoms with Crippen molar-refractivity contribution in [3.8, 4) is 0 Å². The van der Waals surface area contributed by atoms with Gasteiger partial charge in [-0.2, -0.15) is 18.3 Å². The van der Waals surface area contributed by atoms with Crippen molar-refractivity contribution in [3.05, 3.63) is 17.2 Å². The lowest BCUT2D eigenvalue weighted by atomic mass is 10.4.